The van der Waals surface area contributed by atoms with Crippen LogP contribution in [-0.2, 0) is 13.2 Å². The van der Waals surface area contributed by atoms with Crippen LogP contribution in [0.5, 0.6) is 5.75 Å². The average molecular weight is 388 g/mol. The third-order valence-electron chi connectivity index (χ3n) is 3.76. The maximum atomic E-state index is 13.6. The van der Waals surface area contributed by atoms with Gasteiger partial charge in [0.05, 0.1) is 0 Å². The molecule has 0 radical (unpaired) electrons. The standard InChI is InChI=1S/C20H15ClFNO4/c21-15-7-3-1-5-13(15)10-23-20(25)18-9-17(24)19(12-27-18)26-11-14-6-2-4-8-16(14)22/h1-9,12H,10-11H2,(H,23,25). The number of carbonyl (C=O) groups is 1. The van der Waals surface area contributed by atoms with Gasteiger partial charge in [0.2, 0.25) is 11.2 Å². The zero-order valence-electron chi connectivity index (χ0n) is 14.1. The van der Waals surface area contributed by atoms with Crippen molar-refractivity contribution in [2.24, 2.45) is 0 Å². The topological polar surface area (TPSA) is 68.5 Å². The summed E-state index contributed by atoms with van der Waals surface area (Å²) in [4.78, 5) is 24.2. The Labute approximate surface area is 159 Å². The number of carbonyl (C=O) groups excluding carboxylic acids is 1. The van der Waals surface area contributed by atoms with Crippen molar-refractivity contribution in [3.63, 3.8) is 0 Å². The molecule has 27 heavy (non-hydrogen) atoms. The highest BCUT2D eigenvalue weighted by molar-refractivity contribution is 6.31. The largest absolute Gasteiger partial charge is 0.482 e. The van der Waals surface area contributed by atoms with Crippen molar-refractivity contribution in [3.05, 3.63) is 98.8 Å². The van der Waals surface area contributed by atoms with E-state index in [1.54, 1.807) is 42.5 Å². The van der Waals surface area contributed by atoms with Gasteiger partial charge in [-0.05, 0) is 17.7 Å². The Bertz CT molecular complexity index is 1020. The maximum Gasteiger partial charge on any atom is 0.287 e. The Hall–Kier alpha value is -3.12. The fraction of sp³-hybridized carbons (Fsp3) is 0.100. The molecule has 5 nitrogen and oxygen atoms in total. The summed E-state index contributed by atoms with van der Waals surface area (Å²) in [5, 5.41) is 3.15. The third kappa shape index (κ3) is 4.74. The molecule has 3 aromatic rings. The number of amides is 1. The van der Waals surface area contributed by atoms with Gasteiger partial charge in [-0.2, -0.15) is 0 Å². The van der Waals surface area contributed by atoms with E-state index in [4.69, 9.17) is 20.8 Å². The van der Waals surface area contributed by atoms with Gasteiger partial charge < -0.3 is 14.5 Å². The first kappa shape index (κ1) is 18.7. The quantitative estimate of drug-likeness (QED) is 0.695. The molecule has 1 heterocycles. The molecule has 0 saturated carbocycles. The Balaban J connectivity index is 1.63. The van der Waals surface area contributed by atoms with Crippen molar-refractivity contribution in [2.75, 3.05) is 0 Å². The van der Waals surface area contributed by atoms with Crippen LogP contribution in [0.25, 0.3) is 0 Å². The monoisotopic (exact) mass is 387 g/mol. The highest BCUT2D eigenvalue weighted by atomic mass is 35.5. The van der Waals surface area contributed by atoms with Crippen molar-refractivity contribution >= 4 is 17.5 Å². The molecule has 0 aliphatic carbocycles. The highest BCUT2D eigenvalue weighted by Crippen LogP contribution is 2.15. The lowest BCUT2D eigenvalue weighted by atomic mass is 10.2. The molecule has 138 valence electrons. The van der Waals surface area contributed by atoms with Crippen LogP contribution in [0.1, 0.15) is 21.7 Å². The van der Waals surface area contributed by atoms with Gasteiger partial charge in [0, 0.05) is 23.2 Å². The first-order valence-corrected chi connectivity index (χ1v) is 8.43. The number of nitrogens with one attached hydrogen (secondary N) is 1. The normalized spacial score (nSPS) is 10.4. The SMILES string of the molecule is O=C(NCc1ccccc1Cl)c1cc(=O)c(OCc2ccccc2F)co1. The number of benzene rings is 2. The molecule has 0 aliphatic heterocycles. The fourth-order valence-corrected chi connectivity index (χ4v) is 2.50. The summed E-state index contributed by atoms with van der Waals surface area (Å²) in [5.41, 5.74) is 0.499. The minimum Gasteiger partial charge on any atom is -0.482 e. The smallest absolute Gasteiger partial charge is 0.287 e. The van der Waals surface area contributed by atoms with Gasteiger partial charge in [-0.25, -0.2) is 4.39 Å². The lowest BCUT2D eigenvalue weighted by Gasteiger charge is -2.08. The van der Waals surface area contributed by atoms with Crippen molar-refractivity contribution in [2.45, 2.75) is 13.2 Å². The van der Waals surface area contributed by atoms with Crippen LogP contribution in [0.15, 0.2) is 70.1 Å². The van der Waals surface area contributed by atoms with Crippen LogP contribution in [0.2, 0.25) is 5.02 Å². The predicted molar refractivity (Wildman–Crippen MR) is 98.3 cm³/mol. The van der Waals surface area contributed by atoms with Crippen LogP contribution >= 0.6 is 11.6 Å². The van der Waals surface area contributed by atoms with E-state index in [9.17, 15) is 14.0 Å². The lowest BCUT2D eigenvalue weighted by Crippen LogP contribution is -2.24. The third-order valence-corrected chi connectivity index (χ3v) is 4.13. The summed E-state index contributed by atoms with van der Waals surface area (Å²) in [6.45, 7) is 0.0588. The molecule has 0 aliphatic rings. The van der Waals surface area contributed by atoms with Crippen LogP contribution in [-0.4, -0.2) is 5.91 Å². The number of rotatable bonds is 6. The van der Waals surface area contributed by atoms with E-state index < -0.39 is 17.2 Å². The van der Waals surface area contributed by atoms with E-state index >= 15 is 0 Å². The minimum atomic E-state index is -0.562. The summed E-state index contributed by atoms with van der Waals surface area (Å²) in [6.07, 6.45) is 1.04. The first-order chi connectivity index (χ1) is 13.0. The summed E-state index contributed by atoms with van der Waals surface area (Å²) >= 11 is 6.03. The fourth-order valence-electron chi connectivity index (χ4n) is 2.30. The van der Waals surface area contributed by atoms with E-state index in [0.717, 1.165) is 17.9 Å². The van der Waals surface area contributed by atoms with Gasteiger partial charge in [-0.1, -0.05) is 48.0 Å². The highest BCUT2D eigenvalue weighted by Gasteiger charge is 2.13. The lowest BCUT2D eigenvalue weighted by molar-refractivity contribution is 0.0919. The second kappa shape index (κ2) is 8.51. The molecule has 0 bridgehead atoms. The molecule has 7 heteroatoms. The van der Waals surface area contributed by atoms with Gasteiger partial charge in [-0.15, -0.1) is 0 Å². The number of halogens is 2. The Morgan fingerprint density at radius 2 is 1.81 bits per heavy atom. The Kier molecular flexibility index (Phi) is 5.88. The van der Waals surface area contributed by atoms with Crippen molar-refractivity contribution in [3.8, 4) is 5.75 Å². The Morgan fingerprint density at radius 1 is 1.11 bits per heavy atom. The molecule has 0 atom stereocenters. The van der Waals surface area contributed by atoms with E-state index in [1.165, 1.54) is 6.07 Å². The van der Waals surface area contributed by atoms with E-state index in [2.05, 4.69) is 5.32 Å². The molecule has 0 saturated heterocycles. The molecular formula is C20H15ClFNO4. The van der Waals surface area contributed by atoms with E-state index in [-0.39, 0.29) is 24.7 Å². The molecule has 0 fully saturated rings. The first-order valence-electron chi connectivity index (χ1n) is 8.05. The van der Waals surface area contributed by atoms with E-state index in [0.29, 0.717) is 10.6 Å². The molecule has 1 aromatic heterocycles. The van der Waals surface area contributed by atoms with Crippen LogP contribution in [0, 0.1) is 5.82 Å². The molecule has 0 spiro atoms. The van der Waals surface area contributed by atoms with Gasteiger partial charge in [0.25, 0.3) is 5.91 Å². The van der Waals surface area contributed by atoms with Gasteiger partial charge in [0.1, 0.15) is 18.7 Å². The molecule has 2 aromatic carbocycles. The van der Waals surface area contributed by atoms with Gasteiger partial charge in [-0.3, -0.25) is 9.59 Å². The van der Waals surface area contributed by atoms with Crippen molar-refractivity contribution < 1.29 is 18.3 Å². The van der Waals surface area contributed by atoms with Crippen LogP contribution < -0.4 is 15.5 Å². The van der Waals surface area contributed by atoms with Crippen LogP contribution in [0.3, 0.4) is 0 Å². The average Bonchev–Trinajstić information content (AvgIpc) is 2.67. The molecule has 0 unspecified atom stereocenters. The van der Waals surface area contributed by atoms with Crippen molar-refractivity contribution in [1.29, 1.82) is 0 Å². The summed E-state index contributed by atoms with van der Waals surface area (Å²) in [5.74, 6) is -1.27. The zero-order chi connectivity index (χ0) is 19.2. The summed E-state index contributed by atoms with van der Waals surface area (Å²) < 4.78 is 24.0. The van der Waals surface area contributed by atoms with Gasteiger partial charge >= 0.3 is 0 Å². The van der Waals surface area contributed by atoms with Crippen LogP contribution in [0.4, 0.5) is 4.39 Å². The maximum absolute atomic E-state index is 13.6. The Morgan fingerprint density at radius 3 is 2.52 bits per heavy atom. The number of hydrogen-bond acceptors (Lipinski definition) is 4. The van der Waals surface area contributed by atoms with Gasteiger partial charge in [0.15, 0.2) is 5.76 Å². The number of hydrogen-bond donors (Lipinski definition) is 1. The molecule has 1 N–H and O–H groups in total. The zero-order valence-corrected chi connectivity index (χ0v) is 14.8. The molecule has 1 amide bonds. The summed E-state index contributed by atoms with van der Waals surface area (Å²) in [7, 11) is 0. The second-order valence-corrected chi connectivity index (χ2v) is 6.03. The van der Waals surface area contributed by atoms with E-state index in [1.807, 2.05) is 0 Å². The van der Waals surface area contributed by atoms with Crippen molar-refractivity contribution in [1.82, 2.24) is 5.32 Å². The summed E-state index contributed by atoms with van der Waals surface area (Å²) in [6, 6.07) is 14.2. The second-order valence-electron chi connectivity index (χ2n) is 5.63. The minimum absolute atomic E-state index is 0.110. The molecular weight excluding hydrogens is 373 g/mol. The number of ether oxygens (including phenoxy) is 1. The molecule has 3 rings (SSSR count). The predicted octanol–water partition coefficient (Wildman–Crippen LogP) is 3.94.